The molecule has 0 aliphatic carbocycles. The van der Waals surface area contributed by atoms with Crippen LogP contribution in [0.4, 0.5) is 0 Å². The van der Waals surface area contributed by atoms with E-state index in [4.69, 9.17) is 0 Å². The molecule has 66 heavy (non-hydrogen) atoms. The lowest BCUT2D eigenvalue weighted by Gasteiger charge is -2.30. The molecule has 0 bridgehead atoms. The van der Waals surface area contributed by atoms with Crippen molar-refractivity contribution in [3.8, 4) is 0 Å². The fraction of sp³-hybridized carbons (Fsp3) is 0.608. The third-order valence-electron chi connectivity index (χ3n) is 13.7. The first-order valence-electron chi connectivity index (χ1n) is 24.4. The van der Waals surface area contributed by atoms with Crippen LogP contribution in [0.1, 0.15) is 115 Å². The highest BCUT2D eigenvalue weighted by atomic mass is 16.2. The molecule has 0 radical (unpaired) electrons. The van der Waals surface area contributed by atoms with Crippen LogP contribution in [0.15, 0.2) is 60.7 Å². The van der Waals surface area contributed by atoms with Crippen LogP contribution in [0, 0.1) is 17.8 Å². The predicted molar refractivity (Wildman–Crippen MR) is 252 cm³/mol. The summed E-state index contributed by atoms with van der Waals surface area (Å²) in [6, 6.07) is 15.0. The van der Waals surface area contributed by atoms with Crippen LogP contribution < -0.4 is 26.6 Å². The van der Waals surface area contributed by atoms with Gasteiger partial charge in [-0.25, -0.2) is 0 Å². The molecule has 0 saturated carbocycles. The number of hydrogen-bond donors (Lipinski definition) is 5. The number of hydrogen-bond acceptors (Lipinski definition) is 9. The van der Waals surface area contributed by atoms with Crippen molar-refractivity contribution in [1.29, 1.82) is 0 Å². The van der Waals surface area contributed by atoms with Gasteiger partial charge in [-0.1, -0.05) is 80.9 Å². The maximum absolute atomic E-state index is 14.4. The third kappa shape index (κ3) is 14.8. The molecule has 5 N–H and O–H groups in total. The summed E-state index contributed by atoms with van der Waals surface area (Å²) in [7, 11) is 1.69. The van der Waals surface area contributed by atoms with Crippen LogP contribution in [0.25, 0.3) is 0 Å². The van der Waals surface area contributed by atoms with Crippen LogP contribution in [-0.4, -0.2) is 120 Å². The van der Waals surface area contributed by atoms with Crippen molar-refractivity contribution in [3.63, 3.8) is 0 Å². The number of nitrogens with one attached hydrogen (secondary N) is 5. The molecular formula is C51H73N7O8. The van der Waals surface area contributed by atoms with Crippen molar-refractivity contribution in [2.24, 2.45) is 17.8 Å². The second-order valence-electron chi connectivity index (χ2n) is 18.5. The number of likely N-dealkylation sites (N-methyl/N-ethyl adjacent to an activating group) is 1. The number of Topliss-reactive ketones (excluding diaryl/α,β-unsaturated/α-hetero) is 2. The number of carbonyl (C=O) groups is 8. The lowest BCUT2D eigenvalue weighted by molar-refractivity contribution is -0.143. The molecule has 2 aromatic rings. The molecule has 8 atom stereocenters. The van der Waals surface area contributed by atoms with Gasteiger partial charge in [-0.05, 0) is 95.7 Å². The summed E-state index contributed by atoms with van der Waals surface area (Å²) in [5.41, 5.74) is 1.74. The Morgan fingerprint density at radius 1 is 0.667 bits per heavy atom. The average molecular weight is 912 g/mol. The second-order valence-corrected chi connectivity index (χ2v) is 18.5. The monoisotopic (exact) mass is 912 g/mol. The van der Waals surface area contributed by atoms with Gasteiger partial charge in [0, 0.05) is 63.2 Å². The van der Waals surface area contributed by atoms with Crippen LogP contribution in [0.2, 0.25) is 0 Å². The summed E-state index contributed by atoms with van der Waals surface area (Å²) < 4.78 is 0. The first-order valence-corrected chi connectivity index (χ1v) is 24.4. The first kappa shape index (κ1) is 51.5. The molecule has 3 saturated heterocycles. The van der Waals surface area contributed by atoms with E-state index >= 15 is 0 Å². The molecule has 2 aromatic carbocycles. The van der Waals surface area contributed by atoms with Gasteiger partial charge in [0.15, 0.2) is 5.78 Å². The van der Waals surface area contributed by atoms with Gasteiger partial charge in [-0.3, -0.25) is 38.4 Å². The van der Waals surface area contributed by atoms with Crippen LogP contribution in [0.3, 0.4) is 0 Å². The van der Waals surface area contributed by atoms with E-state index in [1.54, 1.807) is 25.8 Å². The fourth-order valence-electron chi connectivity index (χ4n) is 9.30. The van der Waals surface area contributed by atoms with Crippen molar-refractivity contribution in [2.75, 3.05) is 33.2 Å². The summed E-state index contributed by atoms with van der Waals surface area (Å²) in [6.07, 6.45) is 5.71. The molecule has 2 unspecified atom stereocenters. The van der Waals surface area contributed by atoms with Gasteiger partial charge in [0.2, 0.25) is 35.4 Å². The number of ketones is 2. The van der Waals surface area contributed by atoms with Gasteiger partial charge >= 0.3 is 0 Å². The Morgan fingerprint density at radius 3 is 1.86 bits per heavy atom. The van der Waals surface area contributed by atoms with E-state index < -0.39 is 48.0 Å². The summed E-state index contributed by atoms with van der Waals surface area (Å²) in [5.74, 6) is -3.99. The minimum absolute atomic E-state index is 0.000491. The highest BCUT2D eigenvalue weighted by Crippen LogP contribution is 2.28. The number of amides is 6. The van der Waals surface area contributed by atoms with Crippen LogP contribution in [0.5, 0.6) is 0 Å². The molecule has 6 amide bonds. The van der Waals surface area contributed by atoms with E-state index in [-0.39, 0.29) is 85.8 Å². The number of carbonyl (C=O) groups excluding carboxylic acids is 8. The van der Waals surface area contributed by atoms with Crippen LogP contribution in [-0.2, 0) is 51.2 Å². The number of benzene rings is 2. The van der Waals surface area contributed by atoms with Gasteiger partial charge in [0.05, 0.1) is 12.1 Å². The molecule has 360 valence electrons. The lowest BCUT2D eigenvalue weighted by Crippen LogP contribution is -2.57. The van der Waals surface area contributed by atoms with E-state index in [9.17, 15) is 38.4 Å². The number of nitrogens with zero attached hydrogens (tertiary/aromatic N) is 2. The first-order chi connectivity index (χ1) is 31.8. The molecule has 3 aliphatic rings. The highest BCUT2D eigenvalue weighted by Gasteiger charge is 2.41. The Kier molecular flexibility index (Phi) is 20.3. The Morgan fingerprint density at radius 2 is 1.24 bits per heavy atom. The Bertz CT molecular complexity index is 1820. The highest BCUT2D eigenvalue weighted by molar-refractivity contribution is 5.96. The minimum Gasteiger partial charge on any atom is -0.356 e. The largest absolute Gasteiger partial charge is 0.356 e. The molecule has 3 fully saturated rings. The molecular weight excluding hydrogens is 839 g/mol. The maximum Gasteiger partial charge on any atom is 0.245 e. The number of rotatable bonds is 11. The SMILES string of the molecule is CC[C@@H](C)C(=O)NC1CCCCNC(=O)[C@H](Cc2ccccc2)CC(=O)C2CCCN2C(=O)[C@@H](CC(=O)[C@H](C)NC)CCCCNC(=O)[C@H](Cc2ccccc2)NC(=O)[C@@H]2CCCN2C1=O. The fourth-order valence-corrected chi connectivity index (χ4v) is 9.30. The van der Waals surface area contributed by atoms with E-state index in [1.807, 2.05) is 67.6 Å². The van der Waals surface area contributed by atoms with Crippen molar-refractivity contribution in [3.05, 3.63) is 71.8 Å². The normalized spacial score (nSPS) is 25.8. The van der Waals surface area contributed by atoms with E-state index in [1.165, 1.54) is 4.90 Å². The molecule has 0 aromatic heterocycles. The molecule has 15 heteroatoms. The lowest BCUT2D eigenvalue weighted by atomic mass is 9.89. The third-order valence-corrected chi connectivity index (χ3v) is 13.7. The standard InChI is InChI=1S/C51H73N7O8/c1-5-34(2)46(61)55-40-23-13-15-26-53-47(62)39(30-36-18-8-6-9-19-36)33-45(60)42-24-16-28-57(42)50(65)38(32-44(59)35(3)52-4)22-12-14-27-54-48(63)41(31-37-20-10-7-11-21-37)56-49(64)43-25-17-29-58(43)51(40)66/h6-11,18-21,34-35,38-43,52H,5,12-17,22-33H2,1-4H3,(H,53,62)(H,54,63)(H,55,61)(H,56,64)/t34-,35+,38-,39-,40?,41+,42?,43+/m1/s1. The van der Waals surface area contributed by atoms with Crippen molar-refractivity contribution in [1.82, 2.24) is 36.4 Å². The zero-order chi connectivity index (χ0) is 47.6. The second kappa shape index (κ2) is 26.0. The molecule has 3 aliphatic heterocycles. The number of fused-ring (bicyclic) bond motifs is 2. The summed E-state index contributed by atoms with van der Waals surface area (Å²) in [4.78, 5) is 115. The van der Waals surface area contributed by atoms with Crippen molar-refractivity contribution in [2.45, 2.75) is 147 Å². The molecule has 0 spiro atoms. The molecule has 3 heterocycles. The Hall–Kier alpha value is -5.44. The zero-order valence-corrected chi connectivity index (χ0v) is 39.5. The van der Waals surface area contributed by atoms with Gasteiger partial charge < -0.3 is 36.4 Å². The van der Waals surface area contributed by atoms with Gasteiger partial charge in [-0.15, -0.1) is 0 Å². The minimum atomic E-state index is -0.945. The predicted octanol–water partition coefficient (Wildman–Crippen LogP) is 3.81. The summed E-state index contributed by atoms with van der Waals surface area (Å²) in [5, 5.41) is 14.9. The van der Waals surface area contributed by atoms with E-state index in [0.29, 0.717) is 83.7 Å². The van der Waals surface area contributed by atoms with E-state index in [0.717, 1.165) is 11.1 Å². The van der Waals surface area contributed by atoms with E-state index in [2.05, 4.69) is 26.6 Å². The van der Waals surface area contributed by atoms with Gasteiger partial charge in [0.25, 0.3) is 0 Å². The van der Waals surface area contributed by atoms with Crippen molar-refractivity contribution >= 4 is 47.0 Å². The Labute approximate surface area is 390 Å². The average Bonchev–Trinajstić information content (AvgIpc) is 4.03. The van der Waals surface area contributed by atoms with Gasteiger partial charge in [-0.2, -0.15) is 0 Å². The molecule has 5 rings (SSSR count). The zero-order valence-electron chi connectivity index (χ0n) is 39.5. The Balaban J connectivity index is 1.41. The summed E-state index contributed by atoms with van der Waals surface area (Å²) >= 11 is 0. The van der Waals surface area contributed by atoms with Crippen molar-refractivity contribution < 1.29 is 38.4 Å². The topological polar surface area (TPSA) is 203 Å². The summed E-state index contributed by atoms with van der Waals surface area (Å²) in [6.45, 7) is 6.67. The molecule has 15 nitrogen and oxygen atoms in total. The maximum atomic E-state index is 14.4. The van der Waals surface area contributed by atoms with Gasteiger partial charge in [0.1, 0.15) is 23.9 Å². The van der Waals surface area contributed by atoms with Crippen LogP contribution >= 0.6 is 0 Å². The quantitative estimate of drug-likeness (QED) is 0.222. The smallest absolute Gasteiger partial charge is 0.245 e.